The number of imidazole rings is 1. The van der Waals surface area contributed by atoms with Crippen LogP contribution < -0.4 is 14.8 Å². The molecule has 0 spiro atoms. The molecule has 0 bridgehead atoms. The van der Waals surface area contributed by atoms with E-state index in [1.54, 1.807) is 7.11 Å². The van der Waals surface area contributed by atoms with E-state index >= 15 is 0 Å². The van der Waals surface area contributed by atoms with Crippen LogP contribution in [0.25, 0.3) is 11.3 Å². The van der Waals surface area contributed by atoms with E-state index in [2.05, 4.69) is 14.9 Å². The molecular formula is C20H20ClN3O3. The van der Waals surface area contributed by atoms with Crippen molar-refractivity contribution >= 4 is 17.5 Å². The van der Waals surface area contributed by atoms with Crippen molar-refractivity contribution in [2.24, 2.45) is 0 Å². The van der Waals surface area contributed by atoms with Crippen molar-refractivity contribution in [2.75, 3.05) is 25.8 Å². The second-order valence-electron chi connectivity index (χ2n) is 6.12. The topological polar surface area (TPSA) is 57.5 Å². The fourth-order valence-electron chi connectivity index (χ4n) is 3.03. The molecule has 27 heavy (non-hydrogen) atoms. The lowest BCUT2D eigenvalue weighted by atomic mass is 10.1. The lowest BCUT2D eigenvalue weighted by Crippen LogP contribution is -2.11. The van der Waals surface area contributed by atoms with E-state index in [4.69, 9.17) is 25.8 Å². The van der Waals surface area contributed by atoms with Gasteiger partial charge in [-0.05, 0) is 29.8 Å². The van der Waals surface area contributed by atoms with E-state index in [1.165, 1.54) is 0 Å². The third-order valence-electron chi connectivity index (χ3n) is 4.44. The van der Waals surface area contributed by atoms with Crippen LogP contribution in [0.2, 0.25) is 5.02 Å². The number of hydrogen-bond donors (Lipinski definition) is 1. The molecule has 1 aliphatic heterocycles. The van der Waals surface area contributed by atoms with Crippen LogP contribution in [0.1, 0.15) is 5.56 Å². The van der Waals surface area contributed by atoms with Gasteiger partial charge in [0.25, 0.3) is 0 Å². The van der Waals surface area contributed by atoms with Gasteiger partial charge < -0.3 is 24.1 Å². The molecule has 0 saturated carbocycles. The average Bonchev–Trinajstić information content (AvgIpc) is 3.31. The maximum Gasteiger partial charge on any atom is 0.231 e. The largest absolute Gasteiger partial charge is 0.454 e. The summed E-state index contributed by atoms with van der Waals surface area (Å²) in [5.74, 6) is 2.27. The van der Waals surface area contributed by atoms with Crippen molar-refractivity contribution in [3.05, 3.63) is 59.2 Å². The SMILES string of the molecule is COCCn1c(-c2ccc3c(c2)OCO3)cnc1NCc1ccccc1Cl. The summed E-state index contributed by atoms with van der Waals surface area (Å²) in [6.45, 7) is 2.09. The van der Waals surface area contributed by atoms with Crippen LogP contribution in [0.5, 0.6) is 11.5 Å². The molecular weight excluding hydrogens is 366 g/mol. The zero-order valence-electron chi connectivity index (χ0n) is 14.9. The first-order valence-corrected chi connectivity index (χ1v) is 9.06. The van der Waals surface area contributed by atoms with Crippen LogP contribution in [-0.2, 0) is 17.8 Å². The van der Waals surface area contributed by atoms with E-state index in [1.807, 2.05) is 48.7 Å². The minimum atomic E-state index is 0.256. The highest BCUT2D eigenvalue weighted by molar-refractivity contribution is 6.31. The Morgan fingerprint density at radius 3 is 2.89 bits per heavy atom. The normalized spacial score (nSPS) is 12.4. The Kier molecular flexibility index (Phi) is 5.18. The van der Waals surface area contributed by atoms with Gasteiger partial charge in [0.1, 0.15) is 0 Å². The number of ether oxygens (including phenoxy) is 3. The first-order chi connectivity index (χ1) is 13.3. The molecule has 2 heterocycles. The van der Waals surface area contributed by atoms with Crippen molar-refractivity contribution in [3.8, 4) is 22.8 Å². The minimum Gasteiger partial charge on any atom is -0.454 e. The summed E-state index contributed by atoms with van der Waals surface area (Å²) in [5.41, 5.74) is 3.01. The van der Waals surface area contributed by atoms with Crippen molar-refractivity contribution < 1.29 is 14.2 Å². The number of benzene rings is 2. The molecule has 0 amide bonds. The summed E-state index contributed by atoms with van der Waals surface area (Å²) >= 11 is 6.26. The number of anilines is 1. The molecule has 2 aromatic carbocycles. The zero-order chi connectivity index (χ0) is 18.6. The van der Waals surface area contributed by atoms with Crippen LogP contribution in [0, 0.1) is 0 Å². The number of hydrogen-bond acceptors (Lipinski definition) is 5. The fraction of sp³-hybridized carbons (Fsp3) is 0.250. The highest BCUT2D eigenvalue weighted by Crippen LogP contribution is 2.36. The fourth-order valence-corrected chi connectivity index (χ4v) is 3.23. The molecule has 6 nitrogen and oxygen atoms in total. The van der Waals surface area contributed by atoms with Gasteiger partial charge in [-0.3, -0.25) is 0 Å². The summed E-state index contributed by atoms with van der Waals surface area (Å²) in [4.78, 5) is 4.56. The molecule has 1 N–H and O–H groups in total. The molecule has 3 aromatic rings. The Morgan fingerprint density at radius 1 is 1.19 bits per heavy atom. The van der Waals surface area contributed by atoms with E-state index in [9.17, 15) is 0 Å². The van der Waals surface area contributed by atoms with Crippen molar-refractivity contribution in [3.63, 3.8) is 0 Å². The van der Waals surface area contributed by atoms with Crippen LogP contribution in [0.15, 0.2) is 48.7 Å². The van der Waals surface area contributed by atoms with Gasteiger partial charge in [0.2, 0.25) is 12.7 Å². The number of fused-ring (bicyclic) bond motifs is 1. The van der Waals surface area contributed by atoms with Gasteiger partial charge in [-0.15, -0.1) is 0 Å². The molecule has 140 valence electrons. The summed E-state index contributed by atoms with van der Waals surface area (Å²) in [6, 6.07) is 13.7. The molecule has 1 aliphatic rings. The van der Waals surface area contributed by atoms with Crippen LogP contribution in [-0.4, -0.2) is 30.1 Å². The van der Waals surface area contributed by atoms with Crippen molar-refractivity contribution in [1.29, 1.82) is 0 Å². The smallest absolute Gasteiger partial charge is 0.231 e. The maximum atomic E-state index is 6.26. The first kappa shape index (κ1) is 17.7. The van der Waals surface area contributed by atoms with Gasteiger partial charge in [-0.1, -0.05) is 29.8 Å². The third kappa shape index (κ3) is 3.72. The van der Waals surface area contributed by atoms with Crippen LogP contribution >= 0.6 is 11.6 Å². The molecule has 0 saturated heterocycles. The first-order valence-electron chi connectivity index (χ1n) is 8.68. The summed E-state index contributed by atoms with van der Waals surface area (Å²) < 4.78 is 18.3. The molecule has 0 unspecified atom stereocenters. The highest BCUT2D eigenvalue weighted by Gasteiger charge is 2.17. The van der Waals surface area contributed by atoms with E-state index in [0.29, 0.717) is 19.7 Å². The Bertz CT molecular complexity index is 942. The van der Waals surface area contributed by atoms with Gasteiger partial charge in [0.05, 0.1) is 18.5 Å². The van der Waals surface area contributed by atoms with Crippen LogP contribution in [0.4, 0.5) is 5.95 Å². The Morgan fingerprint density at radius 2 is 2.04 bits per heavy atom. The van der Waals surface area contributed by atoms with E-state index < -0.39 is 0 Å². The standard InChI is InChI=1S/C20H20ClN3O3/c1-25-9-8-24-17(14-6-7-18-19(10-14)27-13-26-18)12-23-20(24)22-11-15-4-2-3-5-16(15)21/h2-7,10,12H,8-9,11,13H2,1H3,(H,22,23). The molecule has 0 aliphatic carbocycles. The minimum absolute atomic E-state index is 0.256. The zero-order valence-corrected chi connectivity index (χ0v) is 15.7. The second-order valence-corrected chi connectivity index (χ2v) is 6.53. The maximum absolute atomic E-state index is 6.26. The predicted molar refractivity (Wildman–Crippen MR) is 104 cm³/mol. The van der Waals surface area contributed by atoms with Crippen LogP contribution in [0.3, 0.4) is 0 Å². The van der Waals surface area contributed by atoms with Gasteiger partial charge in [-0.2, -0.15) is 0 Å². The number of rotatable bonds is 7. The lowest BCUT2D eigenvalue weighted by molar-refractivity contribution is 0.174. The number of aromatic nitrogens is 2. The van der Waals surface area contributed by atoms with Crippen molar-refractivity contribution in [2.45, 2.75) is 13.1 Å². The molecule has 4 rings (SSSR count). The summed E-state index contributed by atoms with van der Waals surface area (Å²) in [7, 11) is 1.69. The molecule has 0 radical (unpaired) electrons. The summed E-state index contributed by atoms with van der Waals surface area (Å²) in [5, 5.41) is 4.11. The molecule has 1 aromatic heterocycles. The van der Waals surface area contributed by atoms with Crippen molar-refractivity contribution in [1.82, 2.24) is 9.55 Å². The lowest BCUT2D eigenvalue weighted by Gasteiger charge is -2.14. The van der Waals surface area contributed by atoms with E-state index in [-0.39, 0.29) is 6.79 Å². The third-order valence-corrected chi connectivity index (χ3v) is 4.81. The van der Waals surface area contributed by atoms with E-state index in [0.717, 1.165) is 39.3 Å². The quantitative estimate of drug-likeness (QED) is 0.660. The molecule has 7 heteroatoms. The highest BCUT2D eigenvalue weighted by atomic mass is 35.5. The Balaban J connectivity index is 1.61. The number of halogens is 1. The number of methoxy groups -OCH3 is 1. The molecule has 0 fully saturated rings. The van der Waals surface area contributed by atoms with Gasteiger partial charge in [0, 0.05) is 30.8 Å². The number of nitrogens with one attached hydrogen (secondary N) is 1. The average molecular weight is 386 g/mol. The van der Waals surface area contributed by atoms with Gasteiger partial charge in [0.15, 0.2) is 11.5 Å². The molecule has 0 atom stereocenters. The van der Waals surface area contributed by atoms with Gasteiger partial charge >= 0.3 is 0 Å². The second kappa shape index (κ2) is 7.90. The number of nitrogens with zero attached hydrogens (tertiary/aromatic N) is 2. The monoisotopic (exact) mass is 385 g/mol. The Labute approximate surface area is 162 Å². The Hall–Kier alpha value is -2.70. The summed E-state index contributed by atoms with van der Waals surface area (Å²) in [6.07, 6.45) is 1.85. The van der Waals surface area contributed by atoms with Gasteiger partial charge in [-0.25, -0.2) is 4.98 Å². The predicted octanol–water partition coefficient (Wildman–Crippen LogP) is 4.19.